The average molecular weight is 450 g/mol. The Bertz CT molecular complexity index is 839. The zero-order valence-corrected chi connectivity index (χ0v) is 20.2. The molecule has 0 radical (unpaired) electrons. The van der Waals surface area contributed by atoms with Crippen molar-refractivity contribution in [3.8, 4) is 0 Å². The van der Waals surface area contributed by atoms with Gasteiger partial charge in [-0.1, -0.05) is 29.8 Å². The Balaban J connectivity index is 3.26. The van der Waals surface area contributed by atoms with Crippen LogP contribution in [-0.4, -0.2) is 60.1 Å². The number of hydrogen-bond donors (Lipinski definition) is 2. The number of nitrogens with zero attached hydrogens (tertiary/aromatic N) is 1. The molecular formula is C23H35N3O6. The van der Waals surface area contributed by atoms with Crippen molar-refractivity contribution in [2.45, 2.75) is 65.6 Å². The lowest BCUT2D eigenvalue weighted by atomic mass is 9.95. The predicted octanol–water partition coefficient (Wildman–Crippen LogP) is 2.48. The van der Waals surface area contributed by atoms with E-state index in [9.17, 15) is 19.2 Å². The number of alkyl carbamates (subject to hydrolysis) is 1. The molecule has 0 aliphatic carbocycles. The van der Waals surface area contributed by atoms with E-state index in [-0.39, 0.29) is 13.1 Å². The highest BCUT2D eigenvalue weighted by Gasteiger charge is 2.38. The molecule has 32 heavy (non-hydrogen) atoms. The molecule has 9 heteroatoms. The molecule has 0 heterocycles. The molecule has 0 spiro atoms. The van der Waals surface area contributed by atoms with Gasteiger partial charge in [-0.15, -0.1) is 0 Å². The van der Waals surface area contributed by atoms with Crippen molar-refractivity contribution in [3.05, 3.63) is 35.4 Å². The molecule has 3 amide bonds. The summed E-state index contributed by atoms with van der Waals surface area (Å²) in [4.78, 5) is 51.4. The maximum Gasteiger partial charge on any atom is 0.408 e. The molecule has 2 N–H and O–H groups in total. The first-order chi connectivity index (χ1) is 14.7. The Morgan fingerprint density at radius 2 is 1.62 bits per heavy atom. The Labute approximate surface area is 189 Å². The second-order valence-electron chi connectivity index (χ2n) is 9.40. The minimum Gasteiger partial charge on any atom is -0.468 e. The summed E-state index contributed by atoms with van der Waals surface area (Å²) in [5.41, 5.74) is -0.0207. The normalized spacial score (nSPS) is 12.4. The molecule has 178 valence electrons. The summed E-state index contributed by atoms with van der Waals surface area (Å²) in [6, 6.07) is 6.17. The van der Waals surface area contributed by atoms with Crippen LogP contribution in [0.15, 0.2) is 24.3 Å². The number of amides is 3. The summed E-state index contributed by atoms with van der Waals surface area (Å²) in [5.74, 6) is -1.63. The van der Waals surface area contributed by atoms with Crippen molar-refractivity contribution >= 4 is 23.9 Å². The van der Waals surface area contributed by atoms with Gasteiger partial charge in [-0.05, 0) is 54.0 Å². The molecule has 1 rings (SSSR count). The van der Waals surface area contributed by atoms with Crippen molar-refractivity contribution < 1.29 is 28.7 Å². The number of benzene rings is 1. The van der Waals surface area contributed by atoms with E-state index in [1.54, 1.807) is 59.7 Å². The van der Waals surface area contributed by atoms with Crippen LogP contribution in [0.2, 0.25) is 0 Å². The van der Waals surface area contributed by atoms with Gasteiger partial charge in [0.2, 0.25) is 11.8 Å². The lowest BCUT2D eigenvalue weighted by molar-refractivity contribution is -0.147. The van der Waals surface area contributed by atoms with E-state index in [1.807, 2.05) is 13.0 Å². The number of carbonyl (C=O) groups is 4. The van der Waals surface area contributed by atoms with Crippen molar-refractivity contribution in [1.29, 1.82) is 0 Å². The van der Waals surface area contributed by atoms with Crippen molar-refractivity contribution in [2.24, 2.45) is 0 Å². The SMILES string of the molecule is COC(=O)CNC(=O)C(c1cccc(C)c1)N(C(=O)CNC(=O)OC(C)(C)C)C(C)(C)C. The number of methoxy groups -OCH3 is 1. The van der Waals surface area contributed by atoms with Crippen LogP contribution in [0.4, 0.5) is 4.79 Å². The molecule has 1 aromatic carbocycles. The number of ether oxygens (including phenoxy) is 2. The van der Waals surface area contributed by atoms with Gasteiger partial charge in [0.1, 0.15) is 24.7 Å². The zero-order chi connectivity index (χ0) is 24.7. The largest absolute Gasteiger partial charge is 0.468 e. The van der Waals surface area contributed by atoms with Gasteiger partial charge in [0.15, 0.2) is 0 Å². The van der Waals surface area contributed by atoms with E-state index >= 15 is 0 Å². The lowest BCUT2D eigenvalue weighted by Crippen LogP contribution is -2.55. The molecule has 0 aliphatic rings. The lowest BCUT2D eigenvalue weighted by Gasteiger charge is -2.41. The number of rotatable bonds is 7. The number of hydrogen-bond acceptors (Lipinski definition) is 6. The smallest absolute Gasteiger partial charge is 0.408 e. The highest BCUT2D eigenvalue weighted by atomic mass is 16.6. The second kappa shape index (κ2) is 11.0. The molecule has 0 saturated heterocycles. The van der Waals surface area contributed by atoms with Crippen LogP contribution in [0.1, 0.15) is 58.7 Å². The van der Waals surface area contributed by atoms with Crippen LogP contribution in [0.5, 0.6) is 0 Å². The van der Waals surface area contributed by atoms with Gasteiger partial charge in [0.05, 0.1) is 7.11 Å². The fourth-order valence-electron chi connectivity index (χ4n) is 3.04. The minimum atomic E-state index is -1.03. The molecule has 9 nitrogen and oxygen atoms in total. The minimum absolute atomic E-state index is 0.333. The molecule has 0 aromatic heterocycles. The van der Waals surface area contributed by atoms with E-state index in [0.717, 1.165) is 5.56 Å². The molecule has 1 atom stereocenters. The van der Waals surface area contributed by atoms with Crippen LogP contribution in [0.25, 0.3) is 0 Å². The van der Waals surface area contributed by atoms with Gasteiger partial charge >= 0.3 is 12.1 Å². The monoisotopic (exact) mass is 449 g/mol. The number of aryl methyl sites for hydroxylation is 1. The van der Waals surface area contributed by atoms with Gasteiger partial charge in [-0.25, -0.2) is 4.79 Å². The maximum absolute atomic E-state index is 13.2. The van der Waals surface area contributed by atoms with Gasteiger partial charge in [0.25, 0.3) is 0 Å². The average Bonchev–Trinajstić information content (AvgIpc) is 2.65. The first-order valence-electron chi connectivity index (χ1n) is 10.4. The molecule has 0 saturated carbocycles. The van der Waals surface area contributed by atoms with E-state index in [0.29, 0.717) is 5.56 Å². The summed E-state index contributed by atoms with van der Waals surface area (Å²) < 4.78 is 9.78. The van der Waals surface area contributed by atoms with Crippen molar-refractivity contribution in [3.63, 3.8) is 0 Å². The van der Waals surface area contributed by atoms with E-state index in [1.165, 1.54) is 12.0 Å². The maximum atomic E-state index is 13.2. The number of esters is 1. The first kappa shape index (κ1) is 26.9. The van der Waals surface area contributed by atoms with Crippen LogP contribution >= 0.6 is 0 Å². The summed E-state index contributed by atoms with van der Waals surface area (Å²) in [6.45, 7) is 11.7. The van der Waals surface area contributed by atoms with E-state index in [4.69, 9.17) is 4.74 Å². The molecule has 0 aliphatic heterocycles. The first-order valence-corrected chi connectivity index (χ1v) is 10.4. The molecular weight excluding hydrogens is 414 g/mol. The number of nitrogens with one attached hydrogen (secondary N) is 2. The second-order valence-corrected chi connectivity index (χ2v) is 9.40. The van der Waals surface area contributed by atoms with Gasteiger partial charge in [0, 0.05) is 5.54 Å². The zero-order valence-electron chi connectivity index (χ0n) is 20.2. The Morgan fingerprint density at radius 3 is 2.12 bits per heavy atom. The van der Waals surface area contributed by atoms with Crippen LogP contribution in [0, 0.1) is 6.92 Å². The van der Waals surface area contributed by atoms with Gasteiger partial charge in [-0.3, -0.25) is 14.4 Å². The van der Waals surface area contributed by atoms with E-state index < -0.39 is 41.1 Å². The fourth-order valence-corrected chi connectivity index (χ4v) is 3.04. The summed E-state index contributed by atoms with van der Waals surface area (Å²) >= 11 is 0. The highest BCUT2D eigenvalue weighted by Crippen LogP contribution is 2.29. The van der Waals surface area contributed by atoms with Crippen LogP contribution in [0.3, 0.4) is 0 Å². The number of carbonyl (C=O) groups excluding carboxylic acids is 4. The topological polar surface area (TPSA) is 114 Å². The van der Waals surface area contributed by atoms with E-state index in [2.05, 4.69) is 15.4 Å². The standard InChI is InChI=1S/C23H35N3O6/c1-15-10-9-11-16(12-15)19(20(29)24-14-18(28)31-8)26(22(2,3)4)17(27)13-25-21(30)32-23(5,6)7/h9-12,19H,13-14H2,1-8H3,(H,24,29)(H,25,30). The summed E-state index contributed by atoms with van der Waals surface area (Å²) in [7, 11) is 1.22. The third kappa shape index (κ3) is 8.56. The Kier molecular flexibility index (Phi) is 9.23. The Hall–Kier alpha value is -3.10. The third-order valence-electron chi connectivity index (χ3n) is 4.27. The van der Waals surface area contributed by atoms with Crippen molar-refractivity contribution in [2.75, 3.05) is 20.2 Å². The van der Waals surface area contributed by atoms with Crippen molar-refractivity contribution in [1.82, 2.24) is 15.5 Å². The van der Waals surface area contributed by atoms with Gasteiger partial charge in [-0.2, -0.15) is 0 Å². The molecule has 0 fully saturated rings. The highest BCUT2D eigenvalue weighted by molar-refractivity contribution is 5.92. The molecule has 1 unspecified atom stereocenters. The van der Waals surface area contributed by atoms with Crippen LogP contribution < -0.4 is 10.6 Å². The predicted molar refractivity (Wildman–Crippen MR) is 120 cm³/mol. The fraction of sp³-hybridized carbons (Fsp3) is 0.565. The Morgan fingerprint density at radius 1 is 1.00 bits per heavy atom. The van der Waals surface area contributed by atoms with Gasteiger partial charge < -0.3 is 25.0 Å². The summed E-state index contributed by atoms with van der Waals surface area (Å²) in [6.07, 6.45) is -0.734. The summed E-state index contributed by atoms with van der Waals surface area (Å²) in [5, 5.41) is 4.98. The third-order valence-corrected chi connectivity index (χ3v) is 4.27. The quantitative estimate of drug-likeness (QED) is 0.618. The van der Waals surface area contributed by atoms with Crippen LogP contribution in [-0.2, 0) is 23.9 Å². The molecule has 0 bridgehead atoms. The molecule has 1 aromatic rings.